The van der Waals surface area contributed by atoms with E-state index in [1.54, 1.807) is 11.3 Å². The van der Waals surface area contributed by atoms with Gasteiger partial charge >= 0.3 is 0 Å². The Balaban J connectivity index is 2.37. The first-order valence-electron chi connectivity index (χ1n) is 6.97. The van der Waals surface area contributed by atoms with Gasteiger partial charge in [-0.25, -0.2) is 4.98 Å². The molecule has 1 unspecified atom stereocenters. The summed E-state index contributed by atoms with van der Waals surface area (Å²) in [5.41, 5.74) is 1.35. The topological polar surface area (TPSA) is 24.9 Å². The molecule has 2 nitrogen and oxygen atoms in total. The van der Waals surface area contributed by atoms with Crippen molar-refractivity contribution in [1.29, 1.82) is 0 Å². The van der Waals surface area contributed by atoms with E-state index in [4.69, 9.17) is 4.98 Å². The molecule has 0 saturated carbocycles. The Hall–Kier alpha value is -0.410. The summed E-state index contributed by atoms with van der Waals surface area (Å²) in [5, 5.41) is 6.98. The Kier molecular flexibility index (Phi) is 5.80. The first-order valence-corrected chi connectivity index (χ1v) is 7.85. The molecule has 18 heavy (non-hydrogen) atoms. The van der Waals surface area contributed by atoms with Crippen LogP contribution in [0.2, 0.25) is 0 Å². The zero-order valence-electron chi connectivity index (χ0n) is 12.7. The second-order valence-electron chi connectivity index (χ2n) is 6.65. The van der Waals surface area contributed by atoms with Gasteiger partial charge in [0.1, 0.15) is 0 Å². The molecule has 1 aromatic rings. The van der Waals surface area contributed by atoms with Crippen LogP contribution in [0.5, 0.6) is 0 Å². The molecule has 0 amide bonds. The van der Waals surface area contributed by atoms with Crippen molar-refractivity contribution in [2.24, 2.45) is 5.92 Å². The molecule has 3 heteroatoms. The quantitative estimate of drug-likeness (QED) is 0.829. The summed E-state index contributed by atoms with van der Waals surface area (Å²) < 4.78 is 0. The summed E-state index contributed by atoms with van der Waals surface area (Å²) in [6, 6.07) is 0.576. The lowest BCUT2D eigenvalue weighted by molar-refractivity contribution is 0.448. The molecule has 1 N–H and O–H groups in total. The van der Waals surface area contributed by atoms with Crippen LogP contribution in [0.25, 0.3) is 0 Å². The normalized spacial score (nSPS) is 14.2. The predicted molar refractivity (Wildman–Crippen MR) is 81.2 cm³/mol. The van der Waals surface area contributed by atoms with Gasteiger partial charge in [0, 0.05) is 23.4 Å². The number of thiazole rings is 1. The Morgan fingerprint density at radius 3 is 2.39 bits per heavy atom. The second-order valence-corrected chi connectivity index (χ2v) is 7.51. The number of nitrogens with zero attached hydrogens (tertiary/aromatic N) is 1. The molecule has 104 valence electrons. The van der Waals surface area contributed by atoms with Gasteiger partial charge in [-0.1, -0.05) is 34.6 Å². The van der Waals surface area contributed by atoms with E-state index < -0.39 is 0 Å². The zero-order chi connectivity index (χ0) is 13.8. The van der Waals surface area contributed by atoms with Gasteiger partial charge in [-0.05, 0) is 25.7 Å². The summed E-state index contributed by atoms with van der Waals surface area (Å²) >= 11 is 1.78. The van der Waals surface area contributed by atoms with Crippen molar-refractivity contribution in [3.8, 4) is 0 Å². The lowest BCUT2D eigenvalue weighted by atomic mass is 9.98. The van der Waals surface area contributed by atoms with Crippen LogP contribution in [0.4, 0.5) is 0 Å². The highest BCUT2D eigenvalue weighted by Crippen LogP contribution is 2.25. The van der Waals surface area contributed by atoms with E-state index in [2.05, 4.69) is 52.2 Å². The zero-order valence-corrected chi connectivity index (χ0v) is 13.5. The average Bonchev–Trinajstić information content (AvgIpc) is 2.71. The molecular weight excluding hydrogens is 240 g/mol. The van der Waals surface area contributed by atoms with Gasteiger partial charge in [-0.2, -0.15) is 0 Å². The Bertz CT molecular complexity index is 350. The molecule has 0 radical (unpaired) electrons. The van der Waals surface area contributed by atoms with E-state index >= 15 is 0 Å². The predicted octanol–water partition coefficient (Wildman–Crippen LogP) is 4.35. The summed E-state index contributed by atoms with van der Waals surface area (Å²) in [4.78, 5) is 4.70. The van der Waals surface area contributed by atoms with Crippen molar-refractivity contribution in [3.63, 3.8) is 0 Å². The van der Waals surface area contributed by atoms with Crippen LogP contribution in [-0.4, -0.2) is 11.0 Å². The van der Waals surface area contributed by atoms with Gasteiger partial charge in [0.2, 0.25) is 0 Å². The fourth-order valence-electron chi connectivity index (χ4n) is 1.70. The van der Waals surface area contributed by atoms with Gasteiger partial charge in [0.25, 0.3) is 0 Å². The molecule has 0 spiro atoms. The maximum atomic E-state index is 4.70. The molecular formula is C15H28N2S. The van der Waals surface area contributed by atoms with Crippen molar-refractivity contribution < 1.29 is 0 Å². The van der Waals surface area contributed by atoms with E-state index in [1.165, 1.54) is 23.5 Å². The van der Waals surface area contributed by atoms with Gasteiger partial charge in [-0.15, -0.1) is 11.3 Å². The first kappa shape index (κ1) is 15.6. The smallest absolute Gasteiger partial charge is 0.0982 e. The standard InChI is InChI=1S/C15H28N2S/c1-11(2)7-8-12(3)16-9-13-10-18-14(17-13)15(4,5)6/h10-12,16H,7-9H2,1-6H3. The fraction of sp³-hybridized carbons (Fsp3) is 0.800. The maximum absolute atomic E-state index is 4.70. The second kappa shape index (κ2) is 6.67. The van der Waals surface area contributed by atoms with Crippen LogP contribution in [-0.2, 0) is 12.0 Å². The van der Waals surface area contributed by atoms with E-state index in [0.717, 1.165) is 12.5 Å². The average molecular weight is 268 g/mol. The van der Waals surface area contributed by atoms with Crippen LogP contribution in [0.3, 0.4) is 0 Å². The Morgan fingerprint density at radius 1 is 1.22 bits per heavy atom. The molecule has 0 aromatic carbocycles. The molecule has 0 bridgehead atoms. The minimum absolute atomic E-state index is 0.173. The third-order valence-corrected chi connectivity index (χ3v) is 4.32. The van der Waals surface area contributed by atoms with E-state index in [-0.39, 0.29) is 5.41 Å². The summed E-state index contributed by atoms with van der Waals surface area (Å²) in [5.74, 6) is 0.793. The number of rotatable bonds is 6. The van der Waals surface area contributed by atoms with Crippen LogP contribution in [0.1, 0.15) is 65.1 Å². The summed E-state index contributed by atoms with van der Waals surface area (Å²) in [6.07, 6.45) is 2.53. The number of hydrogen-bond donors (Lipinski definition) is 1. The van der Waals surface area contributed by atoms with E-state index in [1.807, 2.05) is 0 Å². The van der Waals surface area contributed by atoms with E-state index in [0.29, 0.717) is 6.04 Å². The Morgan fingerprint density at radius 2 is 1.89 bits per heavy atom. The van der Waals surface area contributed by atoms with Crippen molar-refractivity contribution >= 4 is 11.3 Å². The summed E-state index contributed by atoms with van der Waals surface area (Å²) in [6.45, 7) is 14.4. The van der Waals surface area contributed by atoms with Gasteiger partial charge in [0.15, 0.2) is 0 Å². The lowest BCUT2D eigenvalue weighted by Gasteiger charge is -2.15. The van der Waals surface area contributed by atoms with Crippen LogP contribution in [0, 0.1) is 5.92 Å². The van der Waals surface area contributed by atoms with E-state index in [9.17, 15) is 0 Å². The maximum Gasteiger partial charge on any atom is 0.0982 e. The van der Waals surface area contributed by atoms with Crippen LogP contribution >= 0.6 is 11.3 Å². The SMILES string of the molecule is CC(C)CCC(C)NCc1csc(C(C)(C)C)n1. The van der Waals surface area contributed by atoms with Crippen molar-refractivity contribution in [2.45, 2.75) is 72.4 Å². The molecule has 0 aliphatic rings. The minimum Gasteiger partial charge on any atom is -0.309 e. The highest BCUT2D eigenvalue weighted by atomic mass is 32.1. The van der Waals surface area contributed by atoms with Gasteiger partial charge in [0.05, 0.1) is 10.7 Å². The third-order valence-electron chi connectivity index (χ3n) is 3.00. The minimum atomic E-state index is 0.173. The summed E-state index contributed by atoms with van der Waals surface area (Å²) in [7, 11) is 0. The van der Waals surface area contributed by atoms with Crippen LogP contribution in [0.15, 0.2) is 5.38 Å². The Labute approximate surface area is 116 Å². The monoisotopic (exact) mass is 268 g/mol. The van der Waals surface area contributed by atoms with Gasteiger partial charge in [-0.3, -0.25) is 0 Å². The lowest BCUT2D eigenvalue weighted by Crippen LogP contribution is -2.26. The molecule has 0 saturated heterocycles. The molecule has 0 aliphatic heterocycles. The highest BCUT2D eigenvalue weighted by Gasteiger charge is 2.17. The van der Waals surface area contributed by atoms with Crippen molar-refractivity contribution in [1.82, 2.24) is 10.3 Å². The van der Waals surface area contributed by atoms with Gasteiger partial charge < -0.3 is 5.32 Å². The third kappa shape index (κ3) is 5.49. The number of aromatic nitrogens is 1. The molecule has 0 fully saturated rings. The molecule has 1 atom stereocenters. The number of nitrogens with one attached hydrogen (secondary N) is 1. The molecule has 1 aromatic heterocycles. The molecule has 1 heterocycles. The first-order chi connectivity index (χ1) is 8.29. The highest BCUT2D eigenvalue weighted by molar-refractivity contribution is 7.09. The fourth-order valence-corrected chi connectivity index (χ4v) is 2.60. The van der Waals surface area contributed by atoms with Crippen molar-refractivity contribution in [2.75, 3.05) is 0 Å². The largest absolute Gasteiger partial charge is 0.309 e. The van der Waals surface area contributed by atoms with Crippen LogP contribution < -0.4 is 5.32 Å². The number of hydrogen-bond acceptors (Lipinski definition) is 3. The van der Waals surface area contributed by atoms with Crippen molar-refractivity contribution in [3.05, 3.63) is 16.1 Å². The molecule has 1 rings (SSSR count). The molecule has 0 aliphatic carbocycles.